The van der Waals surface area contributed by atoms with E-state index in [4.69, 9.17) is 11.6 Å². The molecule has 0 aliphatic heterocycles. The summed E-state index contributed by atoms with van der Waals surface area (Å²) in [6, 6.07) is 3.21. The summed E-state index contributed by atoms with van der Waals surface area (Å²) in [5, 5.41) is 1.35. The first kappa shape index (κ1) is 14.7. The summed E-state index contributed by atoms with van der Waals surface area (Å²) in [6.07, 6.45) is 1.72. The summed E-state index contributed by atoms with van der Waals surface area (Å²) in [5.41, 5.74) is 1.02. The molecule has 0 amide bonds. The molecule has 3 heterocycles. The quantitative estimate of drug-likeness (QED) is 0.629. The lowest BCUT2D eigenvalue weighted by Crippen LogP contribution is -2.20. The van der Waals surface area contributed by atoms with Gasteiger partial charge < -0.3 is 4.57 Å². The molecule has 0 aliphatic carbocycles. The average molecular weight is 385 g/mol. The van der Waals surface area contributed by atoms with Crippen molar-refractivity contribution in [2.24, 2.45) is 0 Å². The van der Waals surface area contributed by atoms with Crippen LogP contribution in [0, 0.1) is 13.8 Å². The molecule has 3 rings (SSSR count). The van der Waals surface area contributed by atoms with Crippen molar-refractivity contribution in [3.05, 3.63) is 54.6 Å². The van der Waals surface area contributed by atoms with Crippen LogP contribution in [0.2, 0.25) is 5.15 Å². The number of hydrogen-bond acceptors (Lipinski definition) is 4. The van der Waals surface area contributed by atoms with E-state index in [1.165, 1.54) is 10.9 Å². The molecule has 3 aromatic heterocycles. The summed E-state index contributed by atoms with van der Waals surface area (Å²) >= 11 is 11.2. The van der Waals surface area contributed by atoms with Crippen LogP contribution in [0.4, 0.5) is 0 Å². The van der Waals surface area contributed by atoms with E-state index in [-0.39, 0.29) is 5.56 Å². The van der Waals surface area contributed by atoms with Gasteiger partial charge in [-0.2, -0.15) is 0 Å². The first-order valence-electron chi connectivity index (χ1n) is 6.24. The third-order valence-electron chi connectivity index (χ3n) is 3.29. The Morgan fingerprint density at radius 2 is 2.10 bits per heavy atom. The number of aryl methyl sites for hydroxylation is 2. The smallest absolute Gasteiger partial charge is 0.250 e. The van der Waals surface area contributed by atoms with Gasteiger partial charge in [-0.3, -0.25) is 4.79 Å². The Morgan fingerprint density at radius 3 is 2.86 bits per heavy atom. The number of hydrogen-bond donors (Lipinski definition) is 0. The molecule has 21 heavy (non-hydrogen) atoms. The number of rotatable bonds is 2. The van der Waals surface area contributed by atoms with Gasteiger partial charge in [-0.15, -0.1) is 11.3 Å². The summed E-state index contributed by atoms with van der Waals surface area (Å²) in [5.74, 6) is 0.536. The van der Waals surface area contributed by atoms with Gasteiger partial charge in [0.2, 0.25) is 0 Å². The van der Waals surface area contributed by atoms with E-state index in [1.807, 2.05) is 13.8 Å². The fourth-order valence-corrected chi connectivity index (χ4v) is 3.90. The first-order chi connectivity index (χ1) is 9.95. The minimum absolute atomic E-state index is 0.100. The zero-order valence-corrected chi connectivity index (χ0v) is 14.5. The standard InChI is InChI=1S/C14H11BrClN3OS/c1-7-8(2)21-14-12(7)13(16)17-10(18-14)6-19-5-9(15)3-4-11(19)20/h3-5H,6H2,1-2H3. The van der Waals surface area contributed by atoms with Crippen molar-refractivity contribution < 1.29 is 0 Å². The predicted molar refractivity (Wildman–Crippen MR) is 89.4 cm³/mol. The van der Waals surface area contributed by atoms with Crippen LogP contribution in [0.15, 0.2) is 27.6 Å². The van der Waals surface area contributed by atoms with E-state index in [1.54, 1.807) is 28.2 Å². The molecule has 0 saturated carbocycles. The van der Waals surface area contributed by atoms with Crippen LogP contribution in [0.3, 0.4) is 0 Å². The minimum atomic E-state index is -0.100. The van der Waals surface area contributed by atoms with Crippen LogP contribution in [-0.4, -0.2) is 14.5 Å². The second-order valence-electron chi connectivity index (χ2n) is 4.71. The summed E-state index contributed by atoms with van der Waals surface area (Å²) in [7, 11) is 0. The number of thiophene rings is 1. The van der Waals surface area contributed by atoms with Gasteiger partial charge >= 0.3 is 0 Å². The maximum Gasteiger partial charge on any atom is 0.250 e. The highest BCUT2D eigenvalue weighted by molar-refractivity contribution is 9.10. The zero-order chi connectivity index (χ0) is 15.1. The van der Waals surface area contributed by atoms with Gasteiger partial charge in [-0.25, -0.2) is 9.97 Å². The van der Waals surface area contributed by atoms with Crippen LogP contribution in [0.5, 0.6) is 0 Å². The molecular formula is C14H11BrClN3OS. The lowest BCUT2D eigenvalue weighted by Gasteiger charge is -2.06. The van der Waals surface area contributed by atoms with Crippen LogP contribution < -0.4 is 5.56 Å². The van der Waals surface area contributed by atoms with Crippen LogP contribution in [0.1, 0.15) is 16.3 Å². The SMILES string of the molecule is Cc1sc2nc(Cn3cc(Br)ccc3=O)nc(Cl)c2c1C. The van der Waals surface area contributed by atoms with Gasteiger partial charge in [0.05, 0.1) is 11.9 Å². The number of aromatic nitrogens is 3. The molecule has 4 nitrogen and oxygen atoms in total. The van der Waals surface area contributed by atoms with E-state index in [2.05, 4.69) is 25.9 Å². The lowest BCUT2D eigenvalue weighted by atomic mass is 10.2. The number of nitrogens with zero attached hydrogens (tertiary/aromatic N) is 3. The zero-order valence-electron chi connectivity index (χ0n) is 11.4. The van der Waals surface area contributed by atoms with E-state index >= 15 is 0 Å². The molecule has 0 atom stereocenters. The maximum atomic E-state index is 11.8. The predicted octanol–water partition coefficient (Wildman–Crippen LogP) is 3.93. The van der Waals surface area contributed by atoms with Crippen molar-refractivity contribution in [3.63, 3.8) is 0 Å². The van der Waals surface area contributed by atoms with Crippen molar-refractivity contribution in [3.8, 4) is 0 Å². The molecule has 0 spiro atoms. The average Bonchev–Trinajstić information content (AvgIpc) is 2.70. The third kappa shape index (κ3) is 2.75. The van der Waals surface area contributed by atoms with Crippen molar-refractivity contribution in [1.82, 2.24) is 14.5 Å². The Kier molecular flexibility index (Phi) is 3.86. The highest BCUT2D eigenvalue weighted by Gasteiger charge is 2.13. The van der Waals surface area contributed by atoms with E-state index in [9.17, 15) is 4.79 Å². The Morgan fingerprint density at radius 1 is 1.33 bits per heavy atom. The second kappa shape index (κ2) is 5.51. The number of pyridine rings is 1. The maximum absolute atomic E-state index is 11.8. The van der Waals surface area contributed by atoms with Gasteiger partial charge in [-0.1, -0.05) is 11.6 Å². The molecule has 0 bridgehead atoms. The second-order valence-corrected chi connectivity index (χ2v) is 7.18. The molecule has 0 N–H and O–H groups in total. The van der Waals surface area contributed by atoms with E-state index in [0.717, 1.165) is 20.3 Å². The highest BCUT2D eigenvalue weighted by atomic mass is 79.9. The third-order valence-corrected chi connectivity index (χ3v) is 5.13. The molecule has 108 valence electrons. The molecule has 3 aromatic rings. The van der Waals surface area contributed by atoms with Gasteiger partial charge in [-0.05, 0) is 41.4 Å². The van der Waals surface area contributed by atoms with Crippen molar-refractivity contribution in [2.75, 3.05) is 0 Å². The van der Waals surface area contributed by atoms with Crippen molar-refractivity contribution in [2.45, 2.75) is 20.4 Å². The summed E-state index contributed by atoms with van der Waals surface area (Å²) < 4.78 is 2.38. The van der Waals surface area contributed by atoms with Crippen LogP contribution >= 0.6 is 38.9 Å². The van der Waals surface area contributed by atoms with Gasteiger partial charge in [0.15, 0.2) is 5.82 Å². The molecule has 0 radical (unpaired) electrons. The molecular weight excluding hydrogens is 374 g/mol. The number of halogens is 2. The molecule has 7 heteroatoms. The Balaban J connectivity index is 2.09. The molecule has 0 fully saturated rings. The normalized spacial score (nSPS) is 11.2. The molecule has 0 unspecified atom stereocenters. The molecule has 0 aliphatic rings. The van der Waals surface area contributed by atoms with E-state index < -0.39 is 0 Å². The molecule has 0 saturated heterocycles. The first-order valence-corrected chi connectivity index (χ1v) is 8.22. The highest BCUT2D eigenvalue weighted by Crippen LogP contribution is 2.32. The van der Waals surface area contributed by atoms with E-state index in [0.29, 0.717) is 17.5 Å². The monoisotopic (exact) mass is 383 g/mol. The van der Waals surface area contributed by atoms with Gasteiger partial charge in [0, 0.05) is 21.6 Å². The largest absolute Gasteiger partial charge is 0.307 e. The molecule has 0 aromatic carbocycles. The van der Waals surface area contributed by atoms with Crippen LogP contribution in [0.25, 0.3) is 10.2 Å². The summed E-state index contributed by atoms with van der Waals surface area (Å²) in [4.78, 5) is 22.7. The Hall–Kier alpha value is -1.24. The summed E-state index contributed by atoms with van der Waals surface area (Å²) in [6.45, 7) is 4.35. The van der Waals surface area contributed by atoms with Crippen molar-refractivity contribution in [1.29, 1.82) is 0 Å². The van der Waals surface area contributed by atoms with Gasteiger partial charge in [0.1, 0.15) is 9.98 Å². The topological polar surface area (TPSA) is 47.8 Å². The fourth-order valence-electron chi connectivity index (χ4n) is 2.09. The Labute approximate surface area is 138 Å². The Bertz CT molecular complexity index is 903. The van der Waals surface area contributed by atoms with Crippen LogP contribution in [-0.2, 0) is 6.54 Å². The number of fused-ring (bicyclic) bond motifs is 1. The van der Waals surface area contributed by atoms with Crippen molar-refractivity contribution >= 4 is 49.1 Å². The minimum Gasteiger partial charge on any atom is -0.307 e. The van der Waals surface area contributed by atoms with Gasteiger partial charge in [0.25, 0.3) is 5.56 Å². The fraction of sp³-hybridized carbons (Fsp3) is 0.214. The lowest BCUT2D eigenvalue weighted by molar-refractivity contribution is 0.717.